The van der Waals surface area contributed by atoms with E-state index in [1.807, 2.05) is 78.9 Å². The highest BCUT2D eigenvalue weighted by molar-refractivity contribution is 6.07. The van der Waals surface area contributed by atoms with Crippen molar-refractivity contribution in [1.82, 2.24) is 0 Å². The van der Waals surface area contributed by atoms with Crippen LogP contribution in [0.2, 0.25) is 0 Å². The number of fused-ring (bicyclic) bond motifs is 6. The van der Waals surface area contributed by atoms with Crippen molar-refractivity contribution in [3.63, 3.8) is 0 Å². The third-order valence-corrected chi connectivity index (χ3v) is 16.2. The Bertz CT molecular complexity index is 4030. The number of anilines is 10. The fraction of sp³-hybridized carbons (Fsp3) is 0.197. The molecule has 0 aromatic heterocycles. The molecule has 11 N–H and O–H groups in total. The lowest BCUT2D eigenvalue weighted by Gasteiger charge is -2.24. The van der Waals surface area contributed by atoms with Crippen molar-refractivity contribution in [2.75, 3.05) is 53.6 Å². The van der Waals surface area contributed by atoms with Crippen LogP contribution in [0.1, 0.15) is 105 Å². The topological polar surface area (TPSA) is 288 Å². The Labute approximate surface area is 519 Å². The number of carbonyl (C=O) groups is 9. The van der Waals surface area contributed by atoms with Crippen LogP contribution in [0.25, 0.3) is 0 Å². The average molecular weight is 1200 g/mol. The van der Waals surface area contributed by atoms with E-state index in [1.54, 1.807) is 66.7 Å². The molecule has 14 rings (SSSR count). The van der Waals surface area contributed by atoms with Gasteiger partial charge in [0.05, 0.1) is 43.9 Å². The van der Waals surface area contributed by atoms with Gasteiger partial charge >= 0.3 is 0 Å². The summed E-state index contributed by atoms with van der Waals surface area (Å²) in [6, 6.07) is 52.1. The Hall–Kier alpha value is -11.2. The fourth-order valence-electron chi connectivity index (χ4n) is 11.9. The molecule has 0 saturated carbocycles. The van der Waals surface area contributed by atoms with Gasteiger partial charge in [0.25, 0.3) is 5.91 Å². The maximum absolute atomic E-state index is 12.7. The van der Waals surface area contributed by atoms with E-state index >= 15 is 0 Å². The number of hydrogen-bond donors (Lipinski definition) is 10. The molecule has 8 aromatic carbocycles. The Kier molecular flexibility index (Phi) is 18.3. The molecule has 90 heavy (non-hydrogen) atoms. The van der Waals surface area contributed by atoms with Crippen molar-refractivity contribution in [2.24, 2.45) is 0 Å². The van der Waals surface area contributed by atoms with Crippen LogP contribution < -0.4 is 53.6 Å². The van der Waals surface area contributed by atoms with Gasteiger partial charge in [-0.25, -0.2) is 0 Å². The smallest absolute Gasteiger partial charge is 0.255 e. The van der Waals surface area contributed by atoms with Crippen molar-refractivity contribution in [1.29, 1.82) is 0 Å². The molecule has 0 radical (unpaired) electrons. The third-order valence-electron chi connectivity index (χ3n) is 16.2. The van der Waals surface area contributed by atoms with E-state index in [2.05, 4.69) is 72.1 Å². The standard InChI is InChI=1S/2C19H18N2O2.C17H15N3O3.C16H15N3O2/c2*22-18-11-13-10-14(8-9-17(13)21-18)20-19(23)16-7-3-5-12-4-1-2-6-15(12)16;1-10(21)18-13-4-2-11(3-5-13)17(23)19-14-6-7-15-12(8-14)9-16(22)20-15;17-12-3-1-10(2-4-12)7-15(20)18-13-5-6-14-11(8-13)9-16(21)19-14/h2*1-2,4,6,8-10,16H,3,5,7,11H2,(H,20,23)(H,21,22);2-8H,9H2,1H3,(H,18,21)(H,19,23)(H,20,22);1-6,8H,7,9,17H2,(H,18,20)(H,19,21)/t2*16-;;/m10../s1. The predicted octanol–water partition coefficient (Wildman–Crippen LogP) is 10.8. The van der Waals surface area contributed by atoms with Crippen LogP contribution in [-0.2, 0) is 83.3 Å². The van der Waals surface area contributed by atoms with E-state index in [-0.39, 0.29) is 71.4 Å². The van der Waals surface area contributed by atoms with E-state index in [9.17, 15) is 43.2 Å². The first-order chi connectivity index (χ1) is 43.5. The number of benzene rings is 8. The van der Waals surface area contributed by atoms with Gasteiger partial charge in [0.1, 0.15) is 0 Å². The third kappa shape index (κ3) is 15.1. The molecule has 0 unspecified atom stereocenters. The highest BCUT2D eigenvalue weighted by Crippen LogP contribution is 2.36. The molecule has 0 saturated heterocycles. The zero-order valence-electron chi connectivity index (χ0n) is 49.4. The molecule has 8 aromatic rings. The minimum Gasteiger partial charge on any atom is -0.399 e. The van der Waals surface area contributed by atoms with Gasteiger partial charge in [-0.1, -0.05) is 60.7 Å². The Morgan fingerprint density at radius 3 is 1.21 bits per heavy atom. The first-order valence-electron chi connectivity index (χ1n) is 29.8. The van der Waals surface area contributed by atoms with Gasteiger partial charge in [-0.15, -0.1) is 0 Å². The van der Waals surface area contributed by atoms with Crippen molar-refractivity contribution < 1.29 is 43.2 Å². The van der Waals surface area contributed by atoms with Gasteiger partial charge in [0, 0.05) is 69.4 Å². The number of nitrogen functional groups attached to an aromatic ring is 1. The van der Waals surface area contributed by atoms with Gasteiger partial charge in [0.15, 0.2) is 0 Å². The summed E-state index contributed by atoms with van der Waals surface area (Å²) in [7, 11) is 0. The predicted molar refractivity (Wildman–Crippen MR) is 348 cm³/mol. The molecule has 2 atom stereocenters. The number of hydrogen-bond acceptors (Lipinski definition) is 10. The lowest BCUT2D eigenvalue weighted by Crippen LogP contribution is -2.24. The van der Waals surface area contributed by atoms with Crippen LogP contribution in [0, 0.1) is 0 Å². The number of nitrogens with two attached hydrogens (primary N) is 1. The second-order valence-electron chi connectivity index (χ2n) is 22.8. The number of rotatable bonds is 10. The van der Waals surface area contributed by atoms with Crippen LogP contribution in [0.15, 0.2) is 170 Å². The van der Waals surface area contributed by atoms with Gasteiger partial charge < -0.3 is 53.6 Å². The number of carbonyl (C=O) groups excluding carboxylic acids is 9. The molecule has 0 fully saturated rings. The molecule has 4 heterocycles. The van der Waals surface area contributed by atoms with E-state index in [0.717, 1.165) is 112 Å². The molecule has 4 aliphatic heterocycles. The summed E-state index contributed by atoms with van der Waals surface area (Å²) < 4.78 is 0. The zero-order valence-corrected chi connectivity index (χ0v) is 49.4. The monoisotopic (exact) mass is 1200 g/mol. The van der Waals surface area contributed by atoms with Crippen molar-refractivity contribution >= 4 is 110 Å². The highest BCUT2D eigenvalue weighted by Gasteiger charge is 2.29. The van der Waals surface area contributed by atoms with E-state index < -0.39 is 0 Å². The quantitative estimate of drug-likeness (QED) is 0.0578. The van der Waals surface area contributed by atoms with Crippen molar-refractivity contribution in [3.05, 3.63) is 225 Å². The minimum atomic E-state index is -0.253. The van der Waals surface area contributed by atoms with Gasteiger partial charge in [-0.05, 0) is 198 Å². The van der Waals surface area contributed by atoms with Crippen molar-refractivity contribution in [3.8, 4) is 0 Å². The first kappa shape index (κ1) is 60.5. The summed E-state index contributed by atoms with van der Waals surface area (Å²) in [6.45, 7) is 1.42. The number of amides is 9. The Balaban J connectivity index is 0.000000124. The second-order valence-corrected chi connectivity index (χ2v) is 22.8. The summed E-state index contributed by atoms with van der Waals surface area (Å²) in [6.07, 6.45) is 7.67. The van der Waals surface area contributed by atoms with Gasteiger partial charge in [-0.3, -0.25) is 43.2 Å². The van der Waals surface area contributed by atoms with E-state index in [1.165, 1.54) is 18.1 Å². The van der Waals surface area contributed by atoms with Crippen LogP contribution in [-0.4, -0.2) is 53.2 Å². The molecule has 19 nitrogen and oxygen atoms in total. The maximum Gasteiger partial charge on any atom is 0.255 e. The Morgan fingerprint density at radius 2 is 0.800 bits per heavy atom. The van der Waals surface area contributed by atoms with Crippen LogP contribution in [0.3, 0.4) is 0 Å². The van der Waals surface area contributed by atoms with Crippen LogP contribution in [0.4, 0.5) is 56.9 Å². The zero-order chi connectivity index (χ0) is 62.8. The molecular formula is C71H66N10O9. The molecule has 0 spiro atoms. The summed E-state index contributed by atoms with van der Waals surface area (Å²) in [5, 5.41) is 25.4. The summed E-state index contributed by atoms with van der Waals surface area (Å²) >= 11 is 0. The van der Waals surface area contributed by atoms with Gasteiger partial charge in [0.2, 0.25) is 47.3 Å². The van der Waals surface area contributed by atoms with Crippen molar-refractivity contribution in [2.45, 2.75) is 89.4 Å². The van der Waals surface area contributed by atoms with E-state index in [0.29, 0.717) is 54.0 Å². The molecule has 9 amide bonds. The lowest BCUT2D eigenvalue weighted by molar-refractivity contribution is -0.118. The largest absolute Gasteiger partial charge is 0.399 e. The molecule has 19 heteroatoms. The lowest BCUT2D eigenvalue weighted by atomic mass is 9.82. The number of nitrogens with one attached hydrogen (secondary N) is 9. The molecule has 454 valence electrons. The highest BCUT2D eigenvalue weighted by atomic mass is 16.2. The SMILES string of the molecule is CC(=O)Nc1ccc(C(=O)Nc2ccc3c(c2)CC(=O)N3)cc1.Nc1ccc(CC(=O)Nc2ccc3c(c2)CC(=O)N3)cc1.O=C1Cc2cc(NC(=O)[C@@H]3CCCc4ccccc43)ccc2N1.O=C1Cc2cc(NC(=O)[C@H]3CCCc4ccccc43)ccc2N1. The summed E-state index contributed by atoms with van der Waals surface area (Å²) in [5.41, 5.74) is 23.0. The van der Waals surface area contributed by atoms with E-state index in [4.69, 9.17) is 5.73 Å². The first-order valence-corrected chi connectivity index (χ1v) is 29.8. The molecule has 2 aliphatic carbocycles. The molecule has 0 bridgehead atoms. The van der Waals surface area contributed by atoms with Gasteiger partial charge in [-0.2, -0.15) is 0 Å². The normalized spacial score (nSPS) is 15.7. The summed E-state index contributed by atoms with van der Waals surface area (Å²) in [5.74, 6) is -0.677. The number of aryl methyl sites for hydroxylation is 2. The maximum atomic E-state index is 12.7. The average Bonchev–Trinajstić information content (AvgIpc) is 1.92. The van der Waals surface area contributed by atoms with Crippen LogP contribution in [0.5, 0.6) is 0 Å². The fourth-order valence-corrected chi connectivity index (χ4v) is 11.9. The second kappa shape index (κ2) is 27.2. The van der Waals surface area contributed by atoms with Crippen LogP contribution >= 0.6 is 0 Å². The minimum absolute atomic E-state index is 0.00434. The molecular weight excluding hydrogens is 1140 g/mol. The Morgan fingerprint density at radius 1 is 0.422 bits per heavy atom. The molecule has 6 aliphatic rings. The summed E-state index contributed by atoms with van der Waals surface area (Å²) in [4.78, 5) is 106.